The zero-order valence-electron chi connectivity index (χ0n) is 7.17. The maximum Gasteiger partial charge on any atom is 0.250 e. The minimum atomic E-state index is -0.220. The van der Waals surface area contributed by atoms with Gasteiger partial charge in [0.05, 0.1) is 6.61 Å². The van der Waals surface area contributed by atoms with Crippen LogP contribution in [0.4, 0.5) is 17.5 Å². The van der Waals surface area contributed by atoms with Gasteiger partial charge in [-0.2, -0.15) is 9.97 Å². The van der Waals surface area contributed by atoms with Crippen molar-refractivity contribution in [3.8, 4) is 5.88 Å². The van der Waals surface area contributed by atoms with E-state index in [1.54, 1.807) is 0 Å². The number of hydrogen-bond acceptors (Lipinski definition) is 8. The molecule has 0 atom stereocenters. The molecule has 0 fully saturated rings. The van der Waals surface area contributed by atoms with E-state index >= 15 is 0 Å². The Kier molecular flexibility index (Phi) is 3.13. The van der Waals surface area contributed by atoms with E-state index in [2.05, 4.69) is 15.1 Å². The third-order valence-electron chi connectivity index (χ3n) is 1.32. The Labute approximate surface area is 78.9 Å². The molecule has 1 aromatic heterocycles. The molecule has 14 heavy (non-hydrogen) atoms. The van der Waals surface area contributed by atoms with Gasteiger partial charge in [-0.1, -0.05) is 0 Å². The van der Waals surface area contributed by atoms with Gasteiger partial charge >= 0.3 is 0 Å². The molecule has 0 aliphatic heterocycles. The van der Waals surface area contributed by atoms with Crippen LogP contribution in [0, 0.1) is 4.91 Å². The largest absolute Gasteiger partial charge is 0.473 e. The first kappa shape index (κ1) is 10.1. The number of ether oxygens (including phenoxy) is 1. The predicted octanol–water partition coefficient (Wildman–Crippen LogP) is -0.590. The molecular formula is C6H9N5O3. The lowest BCUT2D eigenvalue weighted by Gasteiger charge is -2.06. The molecule has 0 spiro atoms. The number of anilines is 2. The van der Waals surface area contributed by atoms with Crippen molar-refractivity contribution in [1.82, 2.24) is 9.97 Å². The molecule has 0 radical (unpaired) electrons. The van der Waals surface area contributed by atoms with Crippen molar-refractivity contribution in [2.45, 2.75) is 0 Å². The summed E-state index contributed by atoms with van der Waals surface area (Å²) in [5.74, 6) is -0.401. The molecular weight excluding hydrogens is 190 g/mol. The van der Waals surface area contributed by atoms with Gasteiger partial charge in [0.25, 0.3) is 5.88 Å². The Morgan fingerprint density at radius 1 is 1.43 bits per heavy atom. The molecule has 76 valence electrons. The first-order chi connectivity index (χ1) is 6.69. The normalized spacial score (nSPS) is 9.79. The number of nitrogens with two attached hydrogens (primary N) is 2. The number of aliphatic hydroxyl groups excluding tert-OH is 1. The number of rotatable bonds is 4. The first-order valence-corrected chi connectivity index (χ1v) is 3.69. The molecule has 1 rings (SSSR count). The Hall–Kier alpha value is -1.96. The summed E-state index contributed by atoms with van der Waals surface area (Å²) >= 11 is 0. The van der Waals surface area contributed by atoms with E-state index in [9.17, 15) is 4.91 Å². The first-order valence-electron chi connectivity index (χ1n) is 3.69. The number of nitrogen functional groups attached to an aromatic ring is 2. The topological polar surface area (TPSA) is 137 Å². The molecule has 1 aromatic rings. The summed E-state index contributed by atoms with van der Waals surface area (Å²) in [4.78, 5) is 17.5. The minimum absolute atomic E-state index is 0.0294. The van der Waals surface area contributed by atoms with E-state index in [0.29, 0.717) is 0 Å². The van der Waals surface area contributed by atoms with E-state index in [1.807, 2.05) is 0 Å². The highest BCUT2D eigenvalue weighted by molar-refractivity contribution is 5.65. The highest BCUT2D eigenvalue weighted by atomic mass is 16.5. The Balaban J connectivity index is 3.05. The van der Waals surface area contributed by atoms with Crippen molar-refractivity contribution in [2.75, 3.05) is 24.7 Å². The Bertz CT molecular complexity index is 342. The lowest BCUT2D eigenvalue weighted by Crippen LogP contribution is -2.07. The van der Waals surface area contributed by atoms with Crippen molar-refractivity contribution in [3.63, 3.8) is 0 Å². The van der Waals surface area contributed by atoms with Crippen LogP contribution >= 0.6 is 0 Å². The van der Waals surface area contributed by atoms with Crippen molar-refractivity contribution in [3.05, 3.63) is 4.91 Å². The maximum absolute atomic E-state index is 10.3. The van der Waals surface area contributed by atoms with E-state index in [1.165, 1.54) is 0 Å². The summed E-state index contributed by atoms with van der Waals surface area (Å²) in [6, 6.07) is 0. The maximum atomic E-state index is 10.3. The van der Waals surface area contributed by atoms with Gasteiger partial charge in [0.1, 0.15) is 6.61 Å². The molecule has 0 amide bonds. The van der Waals surface area contributed by atoms with Crippen LogP contribution in [0.15, 0.2) is 5.18 Å². The highest BCUT2D eigenvalue weighted by Gasteiger charge is 2.13. The van der Waals surface area contributed by atoms with Crippen LogP contribution in [0.25, 0.3) is 0 Å². The smallest absolute Gasteiger partial charge is 0.250 e. The van der Waals surface area contributed by atoms with Crippen molar-refractivity contribution >= 4 is 17.5 Å². The predicted molar refractivity (Wildman–Crippen MR) is 48.9 cm³/mol. The van der Waals surface area contributed by atoms with E-state index in [0.717, 1.165) is 0 Å². The number of hydrogen-bond donors (Lipinski definition) is 3. The van der Waals surface area contributed by atoms with Crippen LogP contribution in [-0.2, 0) is 0 Å². The Morgan fingerprint density at radius 2 is 2.14 bits per heavy atom. The van der Waals surface area contributed by atoms with E-state index < -0.39 is 0 Å². The van der Waals surface area contributed by atoms with Gasteiger partial charge < -0.3 is 21.3 Å². The van der Waals surface area contributed by atoms with Gasteiger partial charge in [0, 0.05) is 0 Å². The van der Waals surface area contributed by atoms with Gasteiger partial charge in [0.15, 0.2) is 5.82 Å². The number of nitroso groups, excluding NO2 is 1. The fraction of sp³-hybridized carbons (Fsp3) is 0.333. The number of aromatic nitrogens is 2. The molecule has 0 aliphatic carbocycles. The van der Waals surface area contributed by atoms with E-state index in [4.69, 9.17) is 21.3 Å². The zero-order chi connectivity index (χ0) is 10.6. The van der Waals surface area contributed by atoms with Gasteiger partial charge in [-0.15, -0.1) is 4.91 Å². The molecule has 8 nitrogen and oxygen atoms in total. The van der Waals surface area contributed by atoms with Crippen LogP contribution < -0.4 is 16.2 Å². The monoisotopic (exact) mass is 199 g/mol. The molecule has 0 unspecified atom stereocenters. The number of aliphatic hydroxyl groups is 1. The van der Waals surface area contributed by atoms with Crippen LogP contribution in [0.1, 0.15) is 0 Å². The second-order valence-corrected chi connectivity index (χ2v) is 2.28. The fourth-order valence-electron chi connectivity index (χ4n) is 0.797. The lowest BCUT2D eigenvalue weighted by atomic mass is 10.4. The number of nitrogens with zero attached hydrogens (tertiary/aromatic N) is 3. The summed E-state index contributed by atoms with van der Waals surface area (Å²) in [6.07, 6.45) is 0. The molecule has 0 saturated carbocycles. The molecule has 0 saturated heterocycles. The Morgan fingerprint density at radius 3 is 2.71 bits per heavy atom. The van der Waals surface area contributed by atoms with Gasteiger partial charge in [-0.25, -0.2) is 0 Å². The quantitative estimate of drug-likeness (QED) is 0.551. The minimum Gasteiger partial charge on any atom is -0.473 e. The van der Waals surface area contributed by atoms with Crippen molar-refractivity contribution in [1.29, 1.82) is 0 Å². The molecule has 0 bridgehead atoms. The van der Waals surface area contributed by atoms with E-state index in [-0.39, 0.29) is 36.5 Å². The molecule has 0 aromatic carbocycles. The summed E-state index contributed by atoms with van der Waals surface area (Å²) < 4.78 is 4.88. The lowest BCUT2D eigenvalue weighted by molar-refractivity contribution is 0.197. The second-order valence-electron chi connectivity index (χ2n) is 2.28. The SMILES string of the molecule is Nc1nc(N)c(N=O)c(OCCO)n1. The molecule has 1 heterocycles. The van der Waals surface area contributed by atoms with Crippen molar-refractivity contribution < 1.29 is 9.84 Å². The second kappa shape index (κ2) is 4.33. The third kappa shape index (κ3) is 2.04. The fourth-order valence-corrected chi connectivity index (χ4v) is 0.797. The van der Waals surface area contributed by atoms with Crippen LogP contribution in [0.3, 0.4) is 0 Å². The summed E-state index contributed by atoms with van der Waals surface area (Å²) in [5.41, 5.74) is 10.4. The van der Waals surface area contributed by atoms with Crippen molar-refractivity contribution in [2.24, 2.45) is 5.18 Å². The summed E-state index contributed by atoms with van der Waals surface area (Å²) in [5, 5.41) is 11.1. The molecule has 5 N–H and O–H groups in total. The summed E-state index contributed by atoms with van der Waals surface area (Å²) in [6.45, 7) is -0.249. The average molecular weight is 199 g/mol. The van der Waals surface area contributed by atoms with Gasteiger partial charge in [0.2, 0.25) is 11.6 Å². The van der Waals surface area contributed by atoms with Crippen LogP contribution in [-0.4, -0.2) is 28.3 Å². The van der Waals surface area contributed by atoms with Crippen LogP contribution in [0.5, 0.6) is 5.88 Å². The molecule has 0 aliphatic rings. The molecule has 8 heteroatoms. The third-order valence-corrected chi connectivity index (χ3v) is 1.32. The highest BCUT2D eigenvalue weighted by Crippen LogP contribution is 2.30. The standard InChI is InChI=1S/C6H9N5O3/c7-4-3(11-13)5(14-2-1-12)10-6(8)9-4/h12H,1-2H2,(H4,7,8,9,10). The van der Waals surface area contributed by atoms with Gasteiger partial charge in [-0.3, -0.25) is 0 Å². The average Bonchev–Trinajstić information content (AvgIpc) is 2.14. The van der Waals surface area contributed by atoms with Crippen LogP contribution in [0.2, 0.25) is 0 Å². The van der Waals surface area contributed by atoms with Gasteiger partial charge in [-0.05, 0) is 5.18 Å². The zero-order valence-corrected chi connectivity index (χ0v) is 7.17. The summed E-state index contributed by atoms with van der Waals surface area (Å²) in [7, 11) is 0.